The first kappa shape index (κ1) is 24.3. The topological polar surface area (TPSA) is 84.3 Å². The monoisotopic (exact) mass is 494 g/mol. The number of hydrogen-bond acceptors (Lipinski definition) is 4. The van der Waals surface area contributed by atoms with E-state index in [4.69, 9.17) is 23.2 Å². The Bertz CT molecular complexity index is 1250. The standard InChI is InChI=1S/C22H24Cl2N4O3S/c1-14-19(15(2)28(26-14)21-10-7-17(23)11-20(21)24)12-22(29)25-13-16-5-8-18(9-6-16)32(30,31)27(3)4/h5-11H,12-13H2,1-4H3,(H,25,29). The number of benzene rings is 2. The van der Waals surface area contributed by atoms with Crippen LogP contribution < -0.4 is 5.32 Å². The van der Waals surface area contributed by atoms with Crippen LogP contribution in [0.15, 0.2) is 47.4 Å². The van der Waals surface area contributed by atoms with Gasteiger partial charge >= 0.3 is 0 Å². The van der Waals surface area contributed by atoms with Gasteiger partial charge < -0.3 is 5.32 Å². The zero-order chi connectivity index (χ0) is 23.6. The van der Waals surface area contributed by atoms with Crippen LogP contribution in [0.2, 0.25) is 10.0 Å². The minimum atomic E-state index is -3.48. The summed E-state index contributed by atoms with van der Waals surface area (Å²) in [4.78, 5) is 12.8. The second-order valence-corrected chi connectivity index (χ2v) is 10.5. The van der Waals surface area contributed by atoms with E-state index in [1.165, 1.54) is 26.2 Å². The van der Waals surface area contributed by atoms with E-state index >= 15 is 0 Å². The quantitative estimate of drug-likeness (QED) is 0.539. The molecule has 170 valence electrons. The van der Waals surface area contributed by atoms with Crippen LogP contribution in [0, 0.1) is 13.8 Å². The summed E-state index contributed by atoms with van der Waals surface area (Å²) in [6, 6.07) is 11.6. The van der Waals surface area contributed by atoms with E-state index in [-0.39, 0.29) is 23.8 Å². The van der Waals surface area contributed by atoms with Crippen LogP contribution in [0.3, 0.4) is 0 Å². The SMILES string of the molecule is Cc1nn(-c2ccc(Cl)cc2Cl)c(C)c1CC(=O)NCc1ccc(S(=O)(=O)N(C)C)cc1. The third kappa shape index (κ3) is 5.15. The van der Waals surface area contributed by atoms with E-state index in [9.17, 15) is 13.2 Å². The minimum Gasteiger partial charge on any atom is -0.352 e. The van der Waals surface area contributed by atoms with Crippen LogP contribution in [-0.2, 0) is 27.8 Å². The zero-order valence-electron chi connectivity index (χ0n) is 18.2. The van der Waals surface area contributed by atoms with Gasteiger partial charge in [-0.15, -0.1) is 0 Å². The summed E-state index contributed by atoms with van der Waals surface area (Å²) in [5.74, 6) is -0.164. The third-order valence-electron chi connectivity index (χ3n) is 5.11. The zero-order valence-corrected chi connectivity index (χ0v) is 20.5. The maximum absolute atomic E-state index is 12.6. The van der Waals surface area contributed by atoms with Gasteiger partial charge in [-0.3, -0.25) is 4.79 Å². The number of aryl methyl sites for hydroxylation is 1. The molecule has 0 aliphatic carbocycles. The van der Waals surface area contributed by atoms with Crippen LogP contribution in [0.1, 0.15) is 22.5 Å². The summed E-state index contributed by atoms with van der Waals surface area (Å²) >= 11 is 12.3. The van der Waals surface area contributed by atoms with Gasteiger partial charge in [0.25, 0.3) is 0 Å². The van der Waals surface area contributed by atoms with Crippen molar-refractivity contribution in [3.05, 3.63) is 75.0 Å². The first-order valence-corrected chi connectivity index (χ1v) is 12.0. The van der Waals surface area contributed by atoms with Crippen molar-refractivity contribution in [2.45, 2.75) is 31.7 Å². The number of amides is 1. The van der Waals surface area contributed by atoms with Crippen molar-refractivity contribution >= 4 is 39.1 Å². The van der Waals surface area contributed by atoms with Crippen molar-refractivity contribution in [2.24, 2.45) is 0 Å². The van der Waals surface area contributed by atoms with Crippen molar-refractivity contribution in [2.75, 3.05) is 14.1 Å². The van der Waals surface area contributed by atoms with Gasteiger partial charge in [-0.2, -0.15) is 5.10 Å². The highest BCUT2D eigenvalue weighted by Crippen LogP contribution is 2.27. The molecule has 1 aromatic heterocycles. The molecule has 0 fully saturated rings. The van der Waals surface area contributed by atoms with Gasteiger partial charge in [0, 0.05) is 36.9 Å². The van der Waals surface area contributed by atoms with Crippen LogP contribution in [-0.4, -0.2) is 42.5 Å². The molecule has 32 heavy (non-hydrogen) atoms. The van der Waals surface area contributed by atoms with Gasteiger partial charge in [-0.1, -0.05) is 35.3 Å². The molecule has 10 heteroatoms. The number of nitrogens with one attached hydrogen (secondary N) is 1. The van der Waals surface area contributed by atoms with E-state index in [1.54, 1.807) is 35.0 Å². The lowest BCUT2D eigenvalue weighted by Gasteiger charge is -2.12. The van der Waals surface area contributed by atoms with E-state index in [0.717, 1.165) is 26.8 Å². The Morgan fingerprint density at radius 2 is 1.75 bits per heavy atom. The van der Waals surface area contributed by atoms with Crippen LogP contribution in [0.5, 0.6) is 0 Å². The molecular weight excluding hydrogens is 471 g/mol. The molecule has 0 aliphatic heterocycles. The molecule has 3 rings (SSSR count). The van der Waals surface area contributed by atoms with E-state index in [2.05, 4.69) is 10.4 Å². The largest absolute Gasteiger partial charge is 0.352 e. The lowest BCUT2D eigenvalue weighted by Crippen LogP contribution is -2.25. The molecule has 1 N–H and O–H groups in total. The molecule has 1 amide bonds. The number of sulfonamides is 1. The molecular formula is C22H24Cl2N4O3S. The van der Waals surface area contributed by atoms with Crippen LogP contribution in [0.25, 0.3) is 5.69 Å². The molecule has 0 saturated carbocycles. The number of carbonyl (C=O) groups excluding carboxylic acids is 1. The van der Waals surface area contributed by atoms with Gasteiger partial charge in [0.15, 0.2) is 0 Å². The van der Waals surface area contributed by atoms with Gasteiger partial charge in [0.1, 0.15) is 0 Å². The molecule has 0 unspecified atom stereocenters. The van der Waals surface area contributed by atoms with E-state index < -0.39 is 10.0 Å². The first-order chi connectivity index (χ1) is 15.0. The lowest BCUT2D eigenvalue weighted by atomic mass is 10.1. The van der Waals surface area contributed by atoms with Crippen LogP contribution >= 0.6 is 23.2 Å². The molecule has 1 heterocycles. The number of hydrogen-bond donors (Lipinski definition) is 1. The Kier molecular flexibility index (Phi) is 7.29. The molecule has 0 aliphatic rings. The van der Waals surface area contributed by atoms with E-state index in [0.29, 0.717) is 15.7 Å². The fraction of sp³-hybridized carbons (Fsp3) is 0.273. The van der Waals surface area contributed by atoms with Gasteiger partial charge in [0.2, 0.25) is 15.9 Å². The maximum Gasteiger partial charge on any atom is 0.242 e. The lowest BCUT2D eigenvalue weighted by molar-refractivity contribution is -0.120. The highest BCUT2D eigenvalue weighted by Gasteiger charge is 2.18. The molecule has 0 saturated heterocycles. The Hall–Kier alpha value is -2.39. The Morgan fingerprint density at radius 1 is 1.09 bits per heavy atom. The van der Waals surface area contributed by atoms with Crippen molar-refractivity contribution in [3.8, 4) is 5.69 Å². The fourth-order valence-corrected chi connectivity index (χ4v) is 4.62. The Morgan fingerprint density at radius 3 is 2.34 bits per heavy atom. The molecule has 0 spiro atoms. The first-order valence-electron chi connectivity index (χ1n) is 9.79. The van der Waals surface area contributed by atoms with Gasteiger partial charge in [-0.25, -0.2) is 17.4 Å². The van der Waals surface area contributed by atoms with Crippen molar-refractivity contribution in [3.63, 3.8) is 0 Å². The average molecular weight is 495 g/mol. The molecule has 0 radical (unpaired) electrons. The average Bonchev–Trinajstić information content (AvgIpc) is 3.00. The maximum atomic E-state index is 12.6. The number of aromatic nitrogens is 2. The number of halogens is 2. The predicted octanol–water partition coefficient (Wildman–Crippen LogP) is 3.91. The number of carbonyl (C=O) groups is 1. The van der Waals surface area contributed by atoms with Gasteiger partial charge in [-0.05, 0) is 49.7 Å². The Labute approximate surface area is 198 Å². The molecule has 0 bridgehead atoms. The fourth-order valence-electron chi connectivity index (χ4n) is 3.23. The van der Waals surface area contributed by atoms with Gasteiger partial charge in [0.05, 0.1) is 27.7 Å². The van der Waals surface area contributed by atoms with Crippen molar-refractivity contribution in [1.82, 2.24) is 19.4 Å². The second kappa shape index (κ2) is 9.62. The van der Waals surface area contributed by atoms with E-state index in [1.807, 2.05) is 13.8 Å². The summed E-state index contributed by atoms with van der Waals surface area (Å²) < 4.78 is 27.2. The van der Waals surface area contributed by atoms with Crippen LogP contribution in [0.4, 0.5) is 0 Å². The second-order valence-electron chi connectivity index (χ2n) is 7.54. The Balaban J connectivity index is 1.69. The summed E-state index contributed by atoms with van der Waals surface area (Å²) in [7, 11) is -0.516. The normalized spacial score (nSPS) is 11.7. The third-order valence-corrected chi connectivity index (χ3v) is 7.48. The predicted molar refractivity (Wildman–Crippen MR) is 126 cm³/mol. The van der Waals surface area contributed by atoms with Crippen molar-refractivity contribution in [1.29, 1.82) is 0 Å². The highest BCUT2D eigenvalue weighted by atomic mass is 35.5. The summed E-state index contributed by atoms with van der Waals surface area (Å²) in [5.41, 5.74) is 3.87. The summed E-state index contributed by atoms with van der Waals surface area (Å²) in [5, 5.41) is 8.41. The minimum absolute atomic E-state index is 0.163. The summed E-state index contributed by atoms with van der Waals surface area (Å²) in [6.07, 6.45) is 0.163. The van der Waals surface area contributed by atoms with Crippen molar-refractivity contribution < 1.29 is 13.2 Å². The molecule has 7 nitrogen and oxygen atoms in total. The number of rotatable bonds is 7. The number of nitrogens with zero attached hydrogens (tertiary/aromatic N) is 3. The highest BCUT2D eigenvalue weighted by molar-refractivity contribution is 7.89. The molecule has 0 atom stereocenters. The summed E-state index contributed by atoms with van der Waals surface area (Å²) in [6.45, 7) is 4.02. The molecule has 2 aromatic carbocycles. The smallest absolute Gasteiger partial charge is 0.242 e. The molecule has 3 aromatic rings.